The lowest BCUT2D eigenvalue weighted by Crippen LogP contribution is -2.60. The maximum Gasteiger partial charge on any atom is 0.704 e. The van der Waals surface area contributed by atoms with Crippen LogP contribution in [0.2, 0.25) is 0 Å². The van der Waals surface area contributed by atoms with Crippen molar-refractivity contribution in [2.75, 3.05) is 52.4 Å². The zero-order valence-corrected chi connectivity index (χ0v) is 48.2. The minimum Gasteiger partial charge on any atom is -0.341 e. The fraction of sp³-hybridized carbons (Fsp3) is 0.781. The third kappa shape index (κ3) is 13.0. The summed E-state index contributed by atoms with van der Waals surface area (Å²) in [6, 6.07) is 12.0. The number of ether oxygens (including phenoxy) is 2. The van der Waals surface area contributed by atoms with E-state index in [1.165, 1.54) is 218 Å². The normalized spacial score (nSPS) is 20.1. The Labute approximate surface area is 432 Å². The van der Waals surface area contributed by atoms with Crippen molar-refractivity contribution in [3.8, 4) is 11.5 Å². The van der Waals surface area contributed by atoms with Crippen LogP contribution in [-0.2, 0) is 16.2 Å². The number of fused-ring (bicyclic) bond motifs is 5. The van der Waals surface area contributed by atoms with E-state index in [4.69, 9.17) is 9.47 Å². The zero-order valence-electron chi connectivity index (χ0n) is 48.2. The molecule has 1 saturated heterocycles. The molecule has 70 heavy (non-hydrogen) atoms. The minimum absolute atomic E-state index is 0.0311. The van der Waals surface area contributed by atoms with Crippen molar-refractivity contribution < 1.29 is 27.6 Å². The predicted octanol–water partition coefficient (Wildman–Crippen LogP) is 16.0. The van der Waals surface area contributed by atoms with Gasteiger partial charge in [-0.1, -0.05) is 163 Å². The molecule has 0 amide bonds. The number of nitrogens with zero attached hydrogens (tertiary/aromatic N) is 4. The summed E-state index contributed by atoms with van der Waals surface area (Å²) in [5.74, 6) is 1.96. The van der Waals surface area contributed by atoms with Gasteiger partial charge in [-0.25, -0.2) is 0 Å². The lowest BCUT2D eigenvalue weighted by molar-refractivity contribution is -0.929. The van der Waals surface area contributed by atoms with Gasteiger partial charge in [0.05, 0.1) is 63.5 Å². The van der Waals surface area contributed by atoms with Crippen molar-refractivity contribution in [3.63, 3.8) is 0 Å². The van der Waals surface area contributed by atoms with Crippen LogP contribution in [0.1, 0.15) is 266 Å². The molecule has 2 aromatic rings. The number of quaternary nitrogens is 2. The summed E-state index contributed by atoms with van der Waals surface area (Å²) in [4.78, 5) is 0. The topological polar surface area (TPSA) is 24.5 Å². The van der Waals surface area contributed by atoms with E-state index in [9.17, 15) is 0 Å². The van der Waals surface area contributed by atoms with Gasteiger partial charge in [0, 0.05) is 18.4 Å². The first-order valence-electron chi connectivity index (χ1n) is 30.2. The summed E-state index contributed by atoms with van der Waals surface area (Å²) in [5.41, 5.74) is 6.72. The third-order valence-corrected chi connectivity index (χ3v) is 18.0. The first-order chi connectivity index (χ1) is 33.5. The second kappa shape index (κ2) is 25.0. The Kier molecular flexibility index (Phi) is 20.2. The molecule has 6 rings (SSSR count). The standard InChI is InChI=1S/C64H110N4O2/c1-14-21-36-63(37-30-45-67(39-22-15-2,40-23-16-3)41-24-17-4,38-31-46-68(42-25-18-5,43-26-19-6)44-27-20-7)54-34-35-59-52(47-54)50-65-57-32-28-29-33-58(57)66-51-53-48-55(61(8,9)10)49-56(62(11,12)13)60(53)70-64(65,66)69-59/h34-35,47-51,57-58H,14-33,36-46H2,1-13H3/q+4. The van der Waals surface area contributed by atoms with Crippen LogP contribution in [0, 0.1) is 0 Å². The van der Waals surface area contributed by atoms with Crippen molar-refractivity contribution in [3.05, 3.63) is 58.1 Å². The fourth-order valence-electron chi connectivity index (χ4n) is 13.5. The Morgan fingerprint density at radius 1 is 0.486 bits per heavy atom. The van der Waals surface area contributed by atoms with Gasteiger partial charge in [0.1, 0.15) is 0 Å². The molecule has 3 aliphatic heterocycles. The van der Waals surface area contributed by atoms with E-state index in [-0.39, 0.29) is 16.2 Å². The van der Waals surface area contributed by atoms with Crippen molar-refractivity contribution in [1.82, 2.24) is 0 Å². The van der Waals surface area contributed by atoms with Crippen LogP contribution in [0.4, 0.5) is 0 Å². The fourth-order valence-corrected chi connectivity index (χ4v) is 13.5. The van der Waals surface area contributed by atoms with E-state index in [2.05, 4.69) is 142 Å². The Morgan fingerprint density at radius 3 is 1.33 bits per heavy atom. The lowest BCUT2D eigenvalue weighted by Gasteiger charge is -2.43. The number of unbranched alkanes of at least 4 members (excludes halogenated alkanes) is 7. The van der Waals surface area contributed by atoms with Gasteiger partial charge in [0.2, 0.25) is 12.1 Å². The van der Waals surface area contributed by atoms with Gasteiger partial charge in [-0.15, -0.1) is 0 Å². The molecule has 394 valence electrons. The average Bonchev–Trinajstić information content (AvgIpc) is 3.61. The molecule has 2 aromatic carbocycles. The Bertz CT molecular complexity index is 1940. The molecule has 0 radical (unpaired) electrons. The van der Waals surface area contributed by atoms with Gasteiger partial charge in [-0.3, -0.25) is 0 Å². The molecule has 3 atom stereocenters. The SMILES string of the molecule is CCCCC(CCC[N+](CCCC)(CCCC)CCCC)(CCC[N+](CCCC)(CCCC)CCCC)c1ccc2c(c1)C=[N+]1C3CCCCC3[N+]3=Cc4cc(C(C)(C)C)cc(C(C)(C)C)c4OC13O2. The second-order valence-electron chi connectivity index (χ2n) is 25.6. The van der Waals surface area contributed by atoms with Gasteiger partial charge in [-0.2, -0.15) is 0 Å². The van der Waals surface area contributed by atoms with E-state index in [0.717, 1.165) is 24.3 Å². The van der Waals surface area contributed by atoms with E-state index in [1.807, 2.05) is 0 Å². The van der Waals surface area contributed by atoms with Crippen molar-refractivity contribution in [2.45, 2.75) is 272 Å². The summed E-state index contributed by atoms with van der Waals surface area (Å²) in [6.45, 7) is 41.7. The predicted molar refractivity (Wildman–Crippen MR) is 300 cm³/mol. The van der Waals surface area contributed by atoms with Crippen molar-refractivity contribution >= 4 is 12.4 Å². The van der Waals surface area contributed by atoms with Crippen LogP contribution in [0.15, 0.2) is 30.3 Å². The molecule has 6 heteroatoms. The Morgan fingerprint density at radius 2 is 0.900 bits per heavy atom. The molecule has 3 unspecified atom stereocenters. The molecule has 0 N–H and O–H groups in total. The molecule has 1 saturated carbocycles. The number of benzene rings is 2. The number of hydrogen-bond donors (Lipinski definition) is 0. The molecule has 6 nitrogen and oxygen atoms in total. The Hall–Kier alpha value is -2.70. The molecule has 0 bridgehead atoms. The summed E-state index contributed by atoms with van der Waals surface area (Å²) in [5, 5.41) is 0. The summed E-state index contributed by atoms with van der Waals surface area (Å²) in [7, 11) is 0. The highest BCUT2D eigenvalue weighted by Gasteiger charge is 2.76. The third-order valence-electron chi connectivity index (χ3n) is 18.0. The molecule has 1 spiro atoms. The van der Waals surface area contributed by atoms with Crippen LogP contribution in [0.3, 0.4) is 0 Å². The molecule has 1 aliphatic carbocycles. The van der Waals surface area contributed by atoms with Gasteiger partial charge < -0.3 is 18.4 Å². The number of hydrogen-bond acceptors (Lipinski definition) is 2. The summed E-state index contributed by atoms with van der Waals surface area (Å²) < 4.78 is 22.9. The van der Waals surface area contributed by atoms with Crippen LogP contribution in [0.25, 0.3) is 0 Å². The lowest BCUT2D eigenvalue weighted by atomic mass is 9.69. The first-order valence-corrected chi connectivity index (χ1v) is 30.2. The smallest absolute Gasteiger partial charge is 0.341 e. The van der Waals surface area contributed by atoms with E-state index >= 15 is 0 Å². The zero-order chi connectivity index (χ0) is 50.6. The quantitative estimate of drug-likeness (QED) is 0.0576. The largest absolute Gasteiger partial charge is 0.704 e. The number of rotatable bonds is 30. The van der Waals surface area contributed by atoms with Crippen LogP contribution in [0.5, 0.6) is 11.5 Å². The van der Waals surface area contributed by atoms with E-state index < -0.39 is 6.03 Å². The highest BCUT2D eigenvalue weighted by atomic mass is 16.7. The van der Waals surface area contributed by atoms with Crippen molar-refractivity contribution in [2.24, 2.45) is 0 Å². The summed E-state index contributed by atoms with van der Waals surface area (Å²) in [6.07, 6.45) is 34.6. The van der Waals surface area contributed by atoms with Crippen LogP contribution in [-0.4, -0.2) is 101 Å². The highest BCUT2D eigenvalue weighted by molar-refractivity contribution is 5.84. The van der Waals surface area contributed by atoms with Crippen LogP contribution < -0.4 is 9.47 Å². The second-order valence-corrected chi connectivity index (χ2v) is 25.6. The van der Waals surface area contributed by atoms with Gasteiger partial charge in [-0.05, 0) is 129 Å². The minimum atomic E-state index is -1.03. The van der Waals surface area contributed by atoms with E-state index in [1.54, 1.807) is 5.56 Å². The maximum absolute atomic E-state index is 7.57. The van der Waals surface area contributed by atoms with Gasteiger partial charge in [0.25, 0.3) is 0 Å². The highest BCUT2D eigenvalue weighted by Crippen LogP contribution is 2.49. The first kappa shape index (κ1) is 56.6. The Balaban J connectivity index is 1.45. The van der Waals surface area contributed by atoms with Crippen molar-refractivity contribution in [1.29, 1.82) is 0 Å². The molecule has 0 aromatic heterocycles. The molecular weight excluding hydrogens is 857 g/mol. The molecule has 2 fully saturated rings. The monoisotopic (exact) mass is 967 g/mol. The summed E-state index contributed by atoms with van der Waals surface area (Å²) >= 11 is 0. The molecule has 3 heterocycles. The maximum atomic E-state index is 7.57. The van der Waals surface area contributed by atoms with Gasteiger partial charge >= 0.3 is 6.03 Å². The van der Waals surface area contributed by atoms with Crippen LogP contribution >= 0.6 is 0 Å². The average molecular weight is 968 g/mol. The molecule has 4 aliphatic rings. The van der Waals surface area contributed by atoms with E-state index in [0.29, 0.717) is 12.1 Å². The molecular formula is C64H110N4O2+4. The van der Waals surface area contributed by atoms with Gasteiger partial charge in [0.15, 0.2) is 23.9 Å².